The third-order valence-electron chi connectivity index (χ3n) is 3.04. The number of carboxylic acids is 1. The second-order valence-electron chi connectivity index (χ2n) is 4.61. The first-order valence-corrected chi connectivity index (χ1v) is 6.90. The van der Waals surface area contributed by atoms with Gasteiger partial charge in [-0.2, -0.15) is 0 Å². The molecule has 0 radical (unpaired) electrons. The minimum Gasteiger partial charge on any atom is -0.480 e. The van der Waals surface area contributed by atoms with Crippen LogP contribution in [0.4, 0.5) is 4.79 Å². The van der Waals surface area contributed by atoms with Gasteiger partial charge in [0.15, 0.2) is 0 Å². The average Bonchev–Trinajstić information content (AvgIpc) is 2.44. The Bertz CT molecular complexity index is 434. The molecule has 1 atom stereocenters. The number of amides is 2. The van der Waals surface area contributed by atoms with Crippen molar-refractivity contribution in [3.8, 4) is 0 Å². The first kappa shape index (κ1) is 16.0. The Morgan fingerprint density at radius 2 is 1.90 bits per heavy atom. The van der Waals surface area contributed by atoms with E-state index >= 15 is 0 Å². The summed E-state index contributed by atoms with van der Waals surface area (Å²) in [6.45, 7) is 5.05. The van der Waals surface area contributed by atoms with Gasteiger partial charge in [-0.3, -0.25) is 0 Å². The summed E-state index contributed by atoms with van der Waals surface area (Å²) in [5.41, 5.74) is 0.888. The van der Waals surface area contributed by atoms with Crippen LogP contribution in [0.5, 0.6) is 0 Å². The van der Waals surface area contributed by atoms with Crippen LogP contribution in [-0.4, -0.2) is 41.1 Å². The zero-order chi connectivity index (χ0) is 15.0. The van der Waals surface area contributed by atoms with Crippen molar-refractivity contribution >= 4 is 12.0 Å². The molecule has 0 aromatic heterocycles. The molecule has 0 aliphatic rings. The standard InChI is InChI=1S/C15H22N2O3/c1-3-10-17(4-2)15(20)16-13(14(18)19)11-12-8-6-5-7-9-12/h5-9,13H,3-4,10-11H2,1-2H3,(H,16,20)(H,18,19)/t13-/m0/s1. The molecule has 0 saturated heterocycles. The molecule has 0 fully saturated rings. The van der Waals surface area contributed by atoms with Crippen molar-refractivity contribution in [1.29, 1.82) is 0 Å². The molecule has 0 saturated carbocycles. The van der Waals surface area contributed by atoms with E-state index in [1.165, 1.54) is 0 Å². The highest BCUT2D eigenvalue weighted by Gasteiger charge is 2.22. The summed E-state index contributed by atoms with van der Waals surface area (Å²) in [5.74, 6) is -1.02. The van der Waals surface area contributed by atoms with E-state index in [1.807, 2.05) is 44.2 Å². The molecule has 110 valence electrons. The number of carbonyl (C=O) groups excluding carboxylic acids is 1. The minimum absolute atomic E-state index is 0.283. The monoisotopic (exact) mass is 278 g/mol. The lowest BCUT2D eigenvalue weighted by atomic mass is 10.1. The summed E-state index contributed by atoms with van der Waals surface area (Å²) < 4.78 is 0. The molecular formula is C15H22N2O3. The molecule has 0 spiro atoms. The molecule has 5 nitrogen and oxygen atoms in total. The molecule has 1 rings (SSSR count). The highest BCUT2D eigenvalue weighted by atomic mass is 16.4. The number of nitrogens with zero attached hydrogens (tertiary/aromatic N) is 1. The molecule has 1 aromatic carbocycles. The quantitative estimate of drug-likeness (QED) is 0.802. The molecule has 2 amide bonds. The lowest BCUT2D eigenvalue weighted by Gasteiger charge is -2.23. The smallest absolute Gasteiger partial charge is 0.326 e. The molecule has 0 heterocycles. The Balaban J connectivity index is 2.68. The number of urea groups is 1. The predicted molar refractivity (Wildman–Crippen MR) is 77.6 cm³/mol. The predicted octanol–water partition coefficient (Wildman–Crippen LogP) is 2.12. The molecule has 0 aliphatic heterocycles. The van der Waals surface area contributed by atoms with Crippen LogP contribution in [0.1, 0.15) is 25.8 Å². The summed E-state index contributed by atoms with van der Waals surface area (Å²) >= 11 is 0. The van der Waals surface area contributed by atoms with Gasteiger partial charge in [0.2, 0.25) is 0 Å². The fourth-order valence-corrected chi connectivity index (χ4v) is 1.96. The summed E-state index contributed by atoms with van der Waals surface area (Å²) in [7, 11) is 0. The van der Waals surface area contributed by atoms with Crippen molar-refractivity contribution < 1.29 is 14.7 Å². The summed E-state index contributed by atoms with van der Waals surface area (Å²) in [5, 5.41) is 11.8. The third kappa shape index (κ3) is 4.91. The number of hydrogen-bond acceptors (Lipinski definition) is 2. The van der Waals surface area contributed by atoms with Gasteiger partial charge in [0, 0.05) is 19.5 Å². The largest absolute Gasteiger partial charge is 0.480 e. The number of hydrogen-bond donors (Lipinski definition) is 2. The Morgan fingerprint density at radius 3 is 2.40 bits per heavy atom. The van der Waals surface area contributed by atoms with Gasteiger partial charge >= 0.3 is 12.0 Å². The summed E-state index contributed by atoms with van der Waals surface area (Å²) in [4.78, 5) is 24.9. The first-order valence-electron chi connectivity index (χ1n) is 6.90. The number of aliphatic carboxylic acids is 1. The minimum atomic E-state index is -1.02. The van der Waals surface area contributed by atoms with Crippen LogP contribution in [0.25, 0.3) is 0 Å². The fraction of sp³-hybridized carbons (Fsp3) is 0.467. The van der Waals surface area contributed by atoms with Crippen molar-refractivity contribution in [1.82, 2.24) is 10.2 Å². The van der Waals surface area contributed by atoms with E-state index in [2.05, 4.69) is 5.32 Å². The van der Waals surface area contributed by atoms with Gasteiger partial charge in [-0.25, -0.2) is 9.59 Å². The molecular weight excluding hydrogens is 256 g/mol. The topological polar surface area (TPSA) is 69.6 Å². The first-order chi connectivity index (χ1) is 9.58. The van der Waals surface area contributed by atoms with Gasteiger partial charge in [-0.15, -0.1) is 0 Å². The van der Waals surface area contributed by atoms with Gasteiger partial charge in [-0.05, 0) is 18.9 Å². The van der Waals surface area contributed by atoms with Crippen molar-refractivity contribution in [3.63, 3.8) is 0 Å². The fourth-order valence-electron chi connectivity index (χ4n) is 1.96. The lowest BCUT2D eigenvalue weighted by Crippen LogP contribution is -2.49. The van der Waals surface area contributed by atoms with Gasteiger partial charge in [-0.1, -0.05) is 37.3 Å². The van der Waals surface area contributed by atoms with Crippen molar-refractivity contribution in [2.75, 3.05) is 13.1 Å². The molecule has 0 unspecified atom stereocenters. The lowest BCUT2D eigenvalue weighted by molar-refractivity contribution is -0.139. The Labute approximate surface area is 119 Å². The van der Waals surface area contributed by atoms with Crippen molar-refractivity contribution in [3.05, 3.63) is 35.9 Å². The van der Waals surface area contributed by atoms with Gasteiger partial charge in [0.1, 0.15) is 6.04 Å². The number of nitrogens with one attached hydrogen (secondary N) is 1. The maximum Gasteiger partial charge on any atom is 0.326 e. The van der Waals surface area contributed by atoms with E-state index in [0.717, 1.165) is 12.0 Å². The molecule has 0 bridgehead atoms. The van der Waals surface area contributed by atoms with Crippen LogP contribution in [0.3, 0.4) is 0 Å². The molecule has 2 N–H and O–H groups in total. The van der Waals surface area contributed by atoms with Gasteiger partial charge < -0.3 is 15.3 Å². The van der Waals surface area contributed by atoms with E-state index in [4.69, 9.17) is 0 Å². The maximum atomic E-state index is 12.0. The number of carbonyl (C=O) groups is 2. The summed E-state index contributed by atoms with van der Waals surface area (Å²) in [6, 6.07) is 8.06. The number of carboxylic acid groups (broad SMARTS) is 1. The van der Waals surface area contributed by atoms with E-state index in [-0.39, 0.29) is 12.5 Å². The summed E-state index contributed by atoms with van der Waals surface area (Å²) in [6.07, 6.45) is 1.13. The zero-order valence-corrected chi connectivity index (χ0v) is 12.0. The number of benzene rings is 1. The zero-order valence-electron chi connectivity index (χ0n) is 12.0. The van der Waals surface area contributed by atoms with Crippen LogP contribution < -0.4 is 5.32 Å². The van der Waals surface area contributed by atoms with E-state index in [9.17, 15) is 14.7 Å². The SMILES string of the molecule is CCCN(CC)C(=O)N[C@@H](Cc1ccccc1)C(=O)O. The highest BCUT2D eigenvalue weighted by Crippen LogP contribution is 2.04. The van der Waals surface area contributed by atoms with E-state index in [0.29, 0.717) is 13.1 Å². The maximum absolute atomic E-state index is 12.0. The van der Waals surface area contributed by atoms with E-state index < -0.39 is 12.0 Å². The number of rotatable bonds is 7. The second kappa shape index (κ2) is 8.19. The van der Waals surface area contributed by atoms with E-state index in [1.54, 1.807) is 4.90 Å². The van der Waals surface area contributed by atoms with Crippen LogP contribution in [-0.2, 0) is 11.2 Å². The Hall–Kier alpha value is -2.04. The van der Waals surface area contributed by atoms with Crippen LogP contribution in [0.2, 0.25) is 0 Å². The highest BCUT2D eigenvalue weighted by molar-refractivity contribution is 5.82. The van der Waals surface area contributed by atoms with Crippen molar-refractivity contribution in [2.45, 2.75) is 32.7 Å². The Morgan fingerprint density at radius 1 is 1.25 bits per heavy atom. The van der Waals surface area contributed by atoms with Crippen LogP contribution in [0.15, 0.2) is 30.3 Å². The van der Waals surface area contributed by atoms with Gasteiger partial charge in [0.05, 0.1) is 0 Å². The average molecular weight is 278 g/mol. The van der Waals surface area contributed by atoms with Crippen LogP contribution in [0, 0.1) is 0 Å². The second-order valence-corrected chi connectivity index (χ2v) is 4.61. The molecule has 5 heteroatoms. The Kier molecular flexibility index (Phi) is 6.56. The molecule has 1 aromatic rings. The molecule has 20 heavy (non-hydrogen) atoms. The third-order valence-corrected chi connectivity index (χ3v) is 3.04. The normalized spacial score (nSPS) is 11.7. The van der Waals surface area contributed by atoms with Crippen LogP contribution >= 0.6 is 0 Å². The van der Waals surface area contributed by atoms with Crippen molar-refractivity contribution in [2.24, 2.45) is 0 Å². The molecule has 0 aliphatic carbocycles. The van der Waals surface area contributed by atoms with Gasteiger partial charge in [0.25, 0.3) is 0 Å².